The van der Waals surface area contributed by atoms with E-state index < -0.39 is 12.0 Å². The summed E-state index contributed by atoms with van der Waals surface area (Å²) in [6.45, 7) is 11.7. The number of fused-ring (bicyclic) bond motifs is 1. The standard InChI is InChI=1S/C37H36Cl2N2O6S/c1-7-11-24-16-23(17-30(45-8-2)34(24)46-20-25-12-9-10-13-28(25)39)18-31-35(42)41-33(27-19-26(38)14-15-29(27)44-6)32(36(43)47-21(3)4)22(5)40-37(41)48-31/h7,9-10,12-19,21,33H,1,8,11,20H2,2-6H3/b31-18-/t33-/m0/s1. The number of allylic oxidation sites excluding steroid dienone is 2. The Hall–Kier alpha value is -4.31. The van der Waals surface area contributed by atoms with Crippen LogP contribution in [-0.2, 0) is 22.6 Å². The molecule has 250 valence electrons. The van der Waals surface area contributed by atoms with Crippen LogP contribution in [0.1, 0.15) is 56.0 Å². The summed E-state index contributed by atoms with van der Waals surface area (Å²) in [6.07, 6.45) is 3.68. The number of nitrogens with zero attached hydrogens (tertiary/aromatic N) is 2. The first-order valence-electron chi connectivity index (χ1n) is 15.4. The molecule has 1 aliphatic rings. The fraction of sp³-hybridized carbons (Fsp3) is 0.270. The van der Waals surface area contributed by atoms with Gasteiger partial charge in [0, 0.05) is 26.7 Å². The lowest BCUT2D eigenvalue weighted by Gasteiger charge is -2.26. The van der Waals surface area contributed by atoms with E-state index in [-0.39, 0.29) is 23.8 Å². The van der Waals surface area contributed by atoms with Gasteiger partial charge in [-0.15, -0.1) is 6.58 Å². The number of esters is 1. The quantitative estimate of drug-likeness (QED) is 0.114. The molecular weight excluding hydrogens is 671 g/mol. The molecule has 1 atom stereocenters. The first-order chi connectivity index (χ1) is 23.1. The molecule has 1 aromatic heterocycles. The maximum Gasteiger partial charge on any atom is 0.338 e. The second-order valence-electron chi connectivity index (χ2n) is 11.2. The van der Waals surface area contributed by atoms with Crippen LogP contribution in [0.2, 0.25) is 10.0 Å². The minimum absolute atomic E-state index is 0.232. The number of carbonyl (C=O) groups excluding carboxylic acids is 1. The highest BCUT2D eigenvalue weighted by Crippen LogP contribution is 2.38. The third-order valence-electron chi connectivity index (χ3n) is 7.52. The Balaban J connectivity index is 1.67. The predicted molar refractivity (Wildman–Crippen MR) is 190 cm³/mol. The van der Waals surface area contributed by atoms with Gasteiger partial charge in [-0.3, -0.25) is 9.36 Å². The lowest BCUT2D eigenvalue weighted by atomic mass is 9.95. The fourth-order valence-electron chi connectivity index (χ4n) is 5.49. The van der Waals surface area contributed by atoms with Crippen molar-refractivity contribution in [2.45, 2.75) is 52.9 Å². The van der Waals surface area contributed by atoms with Crippen LogP contribution in [0.4, 0.5) is 0 Å². The topological polar surface area (TPSA) is 88.4 Å². The Morgan fingerprint density at radius 3 is 2.54 bits per heavy atom. The zero-order valence-electron chi connectivity index (χ0n) is 27.3. The summed E-state index contributed by atoms with van der Waals surface area (Å²) in [5.74, 6) is 0.994. The summed E-state index contributed by atoms with van der Waals surface area (Å²) >= 11 is 14.0. The smallest absolute Gasteiger partial charge is 0.338 e. The number of rotatable bonds is 12. The van der Waals surface area contributed by atoms with Crippen molar-refractivity contribution in [2.75, 3.05) is 13.7 Å². The number of halogens is 2. The van der Waals surface area contributed by atoms with Crippen molar-refractivity contribution in [1.29, 1.82) is 0 Å². The van der Waals surface area contributed by atoms with E-state index in [1.807, 2.05) is 43.3 Å². The molecule has 0 radical (unpaired) electrons. The maximum atomic E-state index is 14.3. The number of methoxy groups -OCH3 is 1. The van der Waals surface area contributed by atoms with Crippen molar-refractivity contribution in [3.63, 3.8) is 0 Å². The van der Waals surface area contributed by atoms with Crippen LogP contribution < -0.4 is 29.1 Å². The van der Waals surface area contributed by atoms with Crippen molar-refractivity contribution >= 4 is 46.6 Å². The number of hydrogen-bond acceptors (Lipinski definition) is 8. The van der Waals surface area contributed by atoms with E-state index in [0.717, 1.165) is 16.7 Å². The second kappa shape index (κ2) is 15.3. The van der Waals surface area contributed by atoms with E-state index in [0.29, 0.717) is 60.9 Å². The summed E-state index contributed by atoms with van der Waals surface area (Å²) in [5.41, 5.74) is 3.26. The highest BCUT2D eigenvalue weighted by atomic mass is 35.5. The molecule has 11 heteroatoms. The summed E-state index contributed by atoms with van der Waals surface area (Å²) in [7, 11) is 1.53. The third-order valence-corrected chi connectivity index (χ3v) is 9.10. The number of carbonyl (C=O) groups is 1. The average molecular weight is 708 g/mol. The molecule has 0 aliphatic carbocycles. The highest BCUT2D eigenvalue weighted by Gasteiger charge is 2.35. The van der Waals surface area contributed by atoms with E-state index in [2.05, 4.69) is 6.58 Å². The monoisotopic (exact) mass is 706 g/mol. The summed E-state index contributed by atoms with van der Waals surface area (Å²) in [5, 5.41) is 1.03. The van der Waals surface area contributed by atoms with Crippen molar-refractivity contribution in [2.24, 2.45) is 4.99 Å². The lowest BCUT2D eigenvalue weighted by molar-refractivity contribution is -0.143. The Kier molecular flexibility index (Phi) is 11.1. The number of benzene rings is 3. The molecule has 0 fully saturated rings. The van der Waals surface area contributed by atoms with Crippen molar-refractivity contribution < 1.29 is 23.7 Å². The van der Waals surface area contributed by atoms with Gasteiger partial charge in [-0.2, -0.15) is 0 Å². The van der Waals surface area contributed by atoms with Crippen LogP contribution in [0.3, 0.4) is 0 Å². The van der Waals surface area contributed by atoms with E-state index in [1.165, 1.54) is 23.0 Å². The van der Waals surface area contributed by atoms with Gasteiger partial charge in [0.2, 0.25) is 0 Å². The van der Waals surface area contributed by atoms with Gasteiger partial charge in [0.25, 0.3) is 5.56 Å². The summed E-state index contributed by atoms with van der Waals surface area (Å²) in [6, 6.07) is 15.5. The molecule has 0 bridgehead atoms. The highest BCUT2D eigenvalue weighted by molar-refractivity contribution is 7.07. The largest absolute Gasteiger partial charge is 0.496 e. The van der Waals surface area contributed by atoms with Crippen molar-refractivity contribution in [1.82, 2.24) is 4.57 Å². The summed E-state index contributed by atoms with van der Waals surface area (Å²) in [4.78, 5) is 33.0. The van der Waals surface area contributed by atoms with Crippen LogP contribution in [0.25, 0.3) is 6.08 Å². The second-order valence-corrected chi connectivity index (χ2v) is 13.1. The molecule has 0 saturated heterocycles. The van der Waals surface area contributed by atoms with E-state index in [1.54, 1.807) is 51.1 Å². The van der Waals surface area contributed by atoms with Crippen LogP contribution in [-0.4, -0.2) is 30.4 Å². The third kappa shape index (κ3) is 7.38. The van der Waals surface area contributed by atoms with Gasteiger partial charge in [0.15, 0.2) is 16.3 Å². The molecule has 0 saturated carbocycles. The van der Waals surface area contributed by atoms with Gasteiger partial charge in [-0.1, -0.05) is 58.8 Å². The minimum Gasteiger partial charge on any atom is -0.496 e. The van der Waals surface area contributed by atoms with Crippen LogP contribution in [0.5, 0.6) is 17.2 Å². The SMILES string of the molecule is C=CCc1cc(/C=c2\sc3n(c2=O)[C@@H](c2cc(Cl)ccc2OC)C(C(=O)OC(C)C)=C(C)N=3)cc(OCC)c1OCc1ccccc1Cl. The van der Waals surface area contributed by atoms with Crippen LogP contribution in [0, 0.1) is 0 Å². The Labute approximate surface area is 293 Å². The van der Waals surface area contributed by atoms with Crippen LogP contribution >= 0.6 is 34.5 Å². The van der Waals surface area contributed by atoms with Gasteiger partial charge in [-0.05, 0) is 82.2 Å². The van der Waals surface area contributed by atoms with Gasteiger partial charge < -0.3 is 18.9 Å². The molecule has 0 unspecified atom stereocenters. The molecule has 0 amide bonds. The number of hydrogen-bond donors (Lipinski definition) is 0. The first kappa shape index (κ1) is 35.0. The molecule has 5 rings (SSSR count). The van der Waals surface area contributed by atoms with Crippen molar-refractivity contribution in [3.8, 4) is 17.2 Å². The predicted octanol–water partition coefficient (Wildman–Crippen LogP) is 7.21. The molecule has 0 N–H and O–H groups in total. The Morgan fingerprint density at radius 2 is 1.85 bits per heavy atom. The zero-order valence-corrected chi connectivity index (χ0v) is 29.7. The van der Waals surface area contributed by atoms with Gasteiger partial charge >= 0.3 is 5.97 Å². The van der Waals surface area contributed by atoms with Crippen molar-refractivity contribution in [3.05, 3.63) is 131 Å². The van der Waals surface area contributed by atoms with Gasteiger partial charge in [-0.25, -0.2) is 9.79 Å². The zero-order chi connectivity index (χ0) is 34.5. The van der Waals surface area contributed by atoms with E-state index in [9.17, 15) is 9.59 Å². The van der Waals surface area contributed by atoms with E-state index >= 15 is 0 Å². The molecule has 4 aromatic rings. The average Bonchev–Trinajstić information content (AvgIpc) is 3.34. The molecule has 3 aromatic carbocycles. The Morgan fingerprint density at radius 1 is 1.08 bits per heavy atom. The summed E-state index contributed by atoms with van der Waals surface area (Å²) < 4.78 is 25.5. The molecule has 1 aliphatic heterocycles. The maximum absolute atomic E-state index is 14.3. The number of aromatic nitrogens is 1. The number of ether oxygens (including phenoxy) is 4. The molecule has 8 nitrogen and oxygen atoms in total. The Bertz CT molecular complexity index is 2080. The van der Waals surface area contributed by atoms with Gasteiger partial charge in [0.1, 0.15) is 18.4 Å². The van der Waals surface area contributed by atoms with E-state index in [4.69, 9.17) is 47.1 Å². The lowest BCUT2D eigenvalue weighted by Crippen LogP contribution is -2.40. The molecule has 48 heavy (non-hydrogen) atoms. The number of thiazole rings is 1. The normalized spacial score (nSPS) is 14.4. The molecule has 0 spiro atoms. The first-order valence-corrected chi connectivity index (χ1v) is 17.0. The van der Waals surface area contributed by atoms with Gasteiger partial charge in [0.05, 0.1) is 35.6 Å². The minimum atomic E-state index is -0.890. The molecular formula is C37H36Cl2N2O6S. The van der Waals surface area contributed by atoms with Crippen LogP contribution in [0.15, 0.2) is 88.3 Å². The molecule has 2 heterocycles. The fourth-order valence-corrected chi connectivity index (χ4v) is 6.91.